The number of rotatable bonds is 6. The second-order valence-electron chi connectivity index (χ2n) is 9.68. The van der Waals surface area contributed by atoms with Crippen LogP contribution in [0.2, 0.25) is 5.02 Å². The molecule has 3 atom stereocenters. The third-order valence-electron chi connectivity index (χ3n) is 7.33. The number of aliphatic hydroxyl groups excluding tert-OH is 1. The van der Waals surface area contributed by atoms with Crippen LogP contribution in [0.5, 0.6) is 0 Å². The number of hydrogen-bond donors (Lipinski definition) is 1. The SMILES string of the molecule is Cc1nc2n(n1)C(O)C(C(c1cccc(Cl)c1)N1CCN(C(c3ccccc3)c3ccccc3)CC1)S2. The summed E-state index contributed by atoms with van der Waals surface area (Å²) in [6.45, 7) is 5.46. The lowest BCUT2D eigenvalue weighted by Crippen LogP contribution is -2.51. The topological polar surface area (TPSA) is 57.4 Å². The van der Waals surface area contributed by atoms with E-state index in [0.717, 1.165) is 36.9 Å². The number of nitrogens with zero attached hydrogens (tertiary/aromatic N) is 5. The van der Waals surface area contributed by atoms with Crippen molar-refractivity contribution >= 4 is 23.4 Å². The molecule has 0 spiro atoms. The zero-order chi connectivity index (χ0) is 25.4. The molecule has 190 valence electrons. The van der Waals surface area contributed by atoms with Crippen molar-refractivity contribution in [1.29, 1.82) is 0 Å². The van der Waals surface area contributed by atoms with Crippen LogP contribution in [-0.2, 0) is 0 Å². The number of halogens is 1. The van der Waals surface area contributed by atoms with Crippen LogP contribution in [0.25, 0.3) is 0 Å². The van der Waals surface area contributed by atoms with Crippen molar-refractivity contribution in [2.24, 2.45) is 0 Å². The summed E-state index contributed by atoms with van der Waals surface area (Å²) >= 11 is 8.04. The fourth-order valence-corrected chi connectivity index (χ4v) is 7.25. The monoisotopic (exact) mass is 531 g/mol. The lowest BCUT2D eigenvalue weighted by atomic mass is 9.95. The highest BCUT2D eigenvalue weighted by Crippen LogP contribution is 2.46. The van der Waals surface area contributed by atoms with E-state index in [2.05, 4.69) is 86.6 Å². The van der Waals surface area contributed by atoms with E-state index in [1.165, 1.54) is 11.1 Å². The standard InChI is InChI=1S/C29H30ClN5OS/c1-20-31-29-35(32-20)28(36)27(37-29)26(23-13-8-14-24(30)19-23)34-17-15-33(16-18-34)25(21-9-4-2-5-10-21)22-11-6-3-7-12-22/h2-14,19,25-28,36H,15-18H2,1H3. The van der Waals surface area contributed by atoms with Crippen LogP contribution in [0, 0.1) is 6.92 Å². The minimum Gasteiger partial charge on any atom is -0.370 e. The van der Waals surface area contributed by atoms with E-state index in [9.17, 15) is 5.11 Å². The molecule has 3 aromatic carbocycles. The van der Waals surface area contributed by atoms with Gasteiger partial charge < -0.3 is 5.11 Å². The highest BCUT2D eigenvalue weighted by Gasteiger charge is 2.43. The number of aromatic nitrogens is 3. The summed E-state index contributed by atoms with van der Waals surface area (Å²) in [4.78, 5) is 9.60. The average molecular weight is 532 g/mol. The maximum atomic E-state index is 11.3. The number of aryl methyl sites for hydroxylation is 1. The molecule has 8 heteroatoms. The number of benzene rings is 3. The lowest BCUT2D eigenvalue weighted by Gasteiger charge is -2.44. The van der Waals surface area contributed by atoms with Crippen molar-refractivity contribution in [2.75, 3.05) is 26.2 Å². The second kappa shape index (κ2) is 10.6. The summed E-state index contributed by atoms with van der Waals surface area (Å²) in [5.74, 6) is 0.681. The van der Waals surface area contributed by atoms with Crippen molar-refractivity contribution in [3.05, 3.63) is 112 Å². The first-order valence-electron chi connectivity index (χ1n) is 12.7. The Bertz CT molecular complexity index is 1300. The minimum absolute atomic E-state index is 0.0171. The summed E-state index contributed by atoms with van der Waals surface area (Å²) in [6, 6.07) is 29.8. The van der Waals surface area contributed by atoms with Gasteiger partial charge in [-0.1, -0.05) is 96.2 Å². The van der Waals surface area contributed by atoms with Gasteiger partial charge >= 0.3 is 0 Å². The summed E-state index contributed by atoms with van der Waals surface area (Å²) < 4.78 is 1.67. The summed E-state index contributed by atoms with van der Waals surface area (Å²) in [5.41, 5.74) is 3.73. The fraction of sp³-hybridized carbons (Fsp3) is 0.310. The van der Waals surface area contributed by atoms with Gasteiger partial charge in [-0.3, -0.25) is 9.80 Å². The maximum Gasteiger partial charge on any atom is 0.189 e. The van der Waals surface area contributed by atoms with E-state index in [-0.39, 0.29) is 17.3 Å². The number of thioether (sulfide) groups is 1. The van der Waals surface area contributed by atoms with Crippen LogP contribution < -0.4 is 0 Å². The summed E-state index contributed by atoms with van der Waals surface area (Å²) in [5, 5.41) is 17.1. The number of piperazine rings is 1. The first-order chi connectivity index (χ1) is 18.1. The summed E-state index contributed by atoms with van der Waals surface area (Å²) in [6.07, 6.45) is -0.746. The van der Waals surface area contributed by atoms with Crippen LogP contribution in [0.1, 0.15) is 40.8 Å². The second-order valence-corrected chi connectivity index (χ2v) is 11.3. The number of hydrogen-bond acceptors (Lipinski definition) is 6. The molecule has 0 saturated carbocycles. The van der Waals surface area contributed by atoms with Gasteiger partial charge in [-0.2, -0.15) is 5.10 Å². The maximum absolute atomic E-state index is 11.3. The number of fused-ring (bicyclic) bond motifs is 1. The van der Waals surface area contributed by atoms with E-state index in [4.69, 9.17) is 11.6 Å². The Morgan fingerprint density at radius 2 is 1.43 bits per heavy atom. The highest BCUT2D eigenvalue weighted by atomic mass is 35.5. The molecule has 1 saturated heterocycles. The molecule has 0 amide bonds. The van der Waals surface area contributed by atoms with Gasteiger partial charge in [0.25, 0.3) is 0 Å². The molecular formula is C29H30ClN5OS. The fourth-order valence-electron chi connectivity index (χ4n) is 5.67. The molecule has 1 aromatic heterocycles. The third kappa shape index (κ3) is 4.94. The zero-order valence-electron chi connectivity index (χ0n) is 20.7. The van der Waals surface area contributed by atoms with Gasteiger partial charge in [0.2, 0.25) is 0 Å². The van der Waals surface area contributed by atoms with Crippen molar-refractivity contribution in [3.8, 4) is 0 Å². The molecule has 37 heavy (non-hydrogen) atoms. The van der Waals surface area contributed by atoms with E-state index >= 15 is 0 Å². The quantitative estimate of drug-likeness (QED) is 0.362. The first kappa shape index (κ1) is 24.6. The molecule has 1 N–H and O–H groups in total. The zero-order valence-corrected chi connectivity index (χ0v) is 22.3. The third-order valence-corrected chi connectivity index (χ3v) is 8.83. The van der Waals surface area contributed by atoms with E-state index in [0.29, 0.717) is 10.8 Å². The van der Waals surface area contributed by atoms with Crippen molar-refractivity contribution in [2.45, 2.75) is 35.6 Å². The van der Waals surface area contributed by atoms with Gasteiger partial charge in [0.15, 0.2) is 11.4 Å². The Morgan fingerprint density at radius 1 is 0.838 bits per heavy atom. The van der Waals surface area contributed by atoms with Gasteiger partial charge in [0.05, 0.1) is 17.3 Å². The molecule has 3 heterocycles. The molecule has 1 fully saturated rings. The molecule has 2 aliphatic rings. The molecule has 6 nitrogen and oxygen atoms in total. The average Bonchev–Trinajstić information content (AvgIpc) is 3.43. The van der Waals surface area contributed by atoms with Gasteiger partial charge in [0, 0.05) is 31.2 Å². The smallest absolute Gasteiger partial charge is 0.189 e. The van der Waals surface area contributed by atoms with E-state index in [1.807, 2.05) is 25.1 Å². The van der Waals surface area contributed by atoms with Gasteiger partial charge in [0.1, 0.15) is 5.82 Å². The van der Waals surface area contributed by atoms with Crippen LogP contribution in [0.15, 0.2) is 90.1 Å². The largest absolute Gasteiger partial charge is 0.370 e. The molecule has 3 unspecified atom stereocenters. The first-order valence-corrected chi connectivity index (χ1v) is 14.0. The van der Waals surface area contributed by atoms with Crippen LogP contribution in [0.4, 0.5) is 0 Å². The molecule has 0 radical (unpaired) electrons. The molecule has 0 bridgehead atoms. The Balaban J connectivity index is 1.27. The Labute approximate surface area is 226 Å². The lowest BCUT2D eigenvalue weighted by molar-refractivity contribution is 0.0278. The van der Waals surface area contributed by atoms with E-state index < -0.39 is 6.23 Å². The summed E-state index contributed by atoms with van der Waals surface area (Å²) in [7, 11) is 0. The minimum atomic E-state index is -0.746. The number of aliphatic hydroxyl groups is 1. The van der Waals surface area contributed by atoms with Crippen molar-refractivity contribution in [3.63, 3.8) is 0 Å². The van der Waals surface area contributed by atoms with Crippen LogP contribution in [-0.4, -0.2) is 61.1 Å². The van der Waals surface area contributed by atoms with Crippen LogP contribution in [0.3, 0.4) is 0 Å². The molecule has 4 aromatic rings. The van der Waals surface area contributed by atoms with Gasteiger partial charge in [-0.05, 0) is 35.7 Å². The van der Waals surface area contributed by atoms with Crippen molar-refractivity contribution < 1.29 is 5.11 Å². The van der Waals surface area contributed by atoms with Crippen molar-refractivity contribution in [1.82, 2.24) is 24.6 Å². The molecular weight excluding hydrogens is 502 g/mol. The van der Waals surface area contributed by atoms with E-state index in [1.54, 1.807) is 16.4 Å². The predicted octanol–water partition coefficient (Wildman–Crippen LogP) is 5.35. The molecule has 0 aliphatic carbocycles. The Hall–Kier alpha value is -2.68. The Kier molecular flexibility index (Phi) is 7.06. The highest BCUT2D eigenvalue weighted by molar-refractivity contribution is 8.00. The van der Waals surface area contributed by atoms with Gasteiger partial charge in [-0.25, -0.2) is 9.67 Å². The molecule has 2 aliphatic heterocycles. The Morgan fingerprint density at radius 3 is 2.03 bits per heavy atom. The van der Waals surface area contributed by atoms with Gasteiger partial charge in [-0.15, -0.1) is 0 Å². The predicted molar refractivity (Wildman–Crippen MR) is 148 cm³/mol. The van der Waals surface area contributed by atoms with Crippen LogP contribution >= 0.6 is 23.4 Å². The molecule has 6 rings (SSSR count). The normalized spacial score (nSPS) is 21.3.